The van der Waals surface area contributed by atoms with Gasteiger partial charge in [0.25, 0.3) is 0 Å². The van der Waals surface area contributed by atoms with Gasteiger partial charge >= 0.3 is 13.2 Å². The smallest absolute Gasteiger partial charge is 0.534 e. The van der Waals surface area contributed by atoms with Crippen molar-refractivity contribution in [3.8, 4) is 0 Å². The highest BCUT2D eigenvalue weighted by Crippen LogP contribution is 2.40. The van der Waals surface area contributed by atoms with Crippen molar-refractivity contribution in [2.45, 2.75) is 57.3 Å². The number of ether oxygens (including phenoxy) is 1. The van der Waals surface area contributed by atoms with Crippen LogP contribution in [0.4, 0.5) is 4.79 Å². The molecule has 6 nitrogen and oxygen atoms in total. The van der Waals surface area contributed by atoms with Gasteiger partial charge in [-0.1, -0.05) is 61.2 Å². The van der Waals surface area contributed by atoms with E-state index in [1.54, 1.807) is 4.90 Å². The van der Waals surface area contributed by atoms with E-state index in [1.807, 2.05) is 75.4 Å². The molecule has 2 fully saturated rings. The maximum atomic E-state index is 13.1. The van der Waals surface area contributed by atoms with Crippen LogP contribution in [-0.2, 0) is 19.6 Å². The van der Waals surface area contributed by atoms with Crippen molar-refractivity contribution in [3.05, 3.63) is 78.1 Å². The molecule has 0 aromatic heterocycles. The molecule has 2 aliphatic rings. The summed E-state index contributed by atoms with van der Waals surface area (Å²) >= 11 is 0. The first-order valence-corrected chi connectivity index (χ1v) is 11.6. The maximum absolute atomic E-state index is 13.1. The van der Waals surface area contributed by atoms with E-state index in [4.69, 9.17) is 14.0 Å². The molecule has 2 heterocycles. The fourth-order valence-electron chi connectivity index (χ4n) is 4.53. The molecule has 0 bridgehead atoms. The first-order chi connectivity index (χ1) is 15.8. The summed E-state index contributed by atoms with van der Waals surface area (Å²) in [7, 11) is -0.477. The standard InChI is InChI=1S/C26H32BNO5/c1-19(21-11-13-23(14-12-21)27-32-20(2)25(3,4)33-27)28-17-16-26(15-8-18-29,31-24(28)30)22-9-6-5-7-10-22/h5-7,9-14,19,29H,2,8,15-18H2,1,3-4H3/t19-,26+/m0/s1. The molecule has 0 spiro atoms. The van der Waals surface area contributed by atoms with Crippen LogP contribution in [0, 0.1) is 0 Å². The molecule has 2 saturated heterocycles. The molecule has 1 amide bonds. The number of amides is 1. The number of carbonyl (C=O) groups excluding carboxylic acids is 1. The van der Waals surface area contributed by atoms with Crippen LogP contribution < -0.4 is 5.46 Å². The summed E-state index contributed by atoms with van der Waals surface area (Å²) in [6, 6.07) is 17.6. The Morgan fingerprint density at radius 3 is 2.42 bits per heavy atom. The van der Waals surface area contributed by atoms with Crippen LogP contribution in [0.3, 0.4) is 0 Å². The van der Waals surface area contributed by atoms with Crippen molar-refractivity contribution in [1.29, 1.82) is 0 Å². The van der Waals surface area contributed by atoms with E-state index < -0.39 is 18.3 Å². The van der Waals surface area contributed by atoms with Crippen LogP contribution in [0.25, 0.3) is 0 Å². The number of benzene rings is 2. The topological polar surface area (TPSA) is 68.2 Å². The number of aliphatic hydroxyl groups excluding tert-OH is 1. The normalized spacial score (nSPS) is 23.3. The second-order valence-electron chi connectivity index (χ2n) is 9.34. The molecule has 0 unspecified atom stereocenters. The monoisotopic (exact) mass is 449 g/mol. The number of nitrogens with zero attached hydrogens (tertiary/aromatic N) is 1. The Kier molecular flexibility index (Phi) is 6.55. The zero-order chi connectivity index (χ0) is 23.6. The maximum Gasteiger partial charge on any atom is 0.563 e. The summed E-state index contributed by atoms with van der Waals surface area (Å²) in [6.07, 6.45) is 1.51. The summed E-state index contributed by atoms with van der Waals surface area (Å²) in [4.78, 5) is 14.9. The van der Waals surface area contributed by atoms with E-state index in [9.17, 15) is 9.90 Å². The Bertz CT molecular complexity index is 994. The molecular formula is C26H32BNO5. The molecule has 2 aromatic carbocycles. The first-order valence-electron chi connectivity index (χ1n) is 11.6. The lowest BCUT2D eigenvalue weighted by Crippen LogP contribution is -2.48. The fourth-order valence-corrected chi connectivity index (χ4v) is 4.53. The molecule has 2 atom stereocenters. The van der Waals surface area contributed by atoms with E-state index in [0.717, 1.165) is 16.6 Å². The quantitative estimate of drug-likeness (QED) is 0.639. The summed E-state index contributed by atoms with van der Waals surface area (Å²) in [6.45, 7) is 10.4. The van der Waals surface area contributed by atoms with Gasteiger partial charge in [0, 0.05) is 19.6 Å². The molecule has 4 rings (SSSR count). The lowest BCUT2D eigenvalue weighted by Gasteiger charge is -2.43. The molecule has 0 aliphatic carbocycles. The zero-order valence-electron chi connectivity index (χ0n) is 19.6. The lowest BCUT2D eigenvalue weighted by atomic mass is 9.78. The predicted octanol–water partition coefficient (Wildman–Crippen LogP) is 4.29. The van der Waals surface area contributed by atoms with Crippen molar-refractivity contribution >= 4 is 18.7 Å². The average molecular weight is 449 g/mol. The van der Waals surface area contributed by atoms with Crippen LogP contribution >= 0.6 is 0 Å². The number of carbonyl (C=O) groups is 1. The SMILES string of the molecule is C=C1OB(c2ccc([C@H](C)N3CC[C@](CCCO)(c4ccccc4)OC3=O)cc2)OC1(C)C. The minimum absolute atomic E-state index is 0.0670. The number of hydrogen-bond donors (Lipinski definition) is 1. The van der Waals surface area contributed by atoms with Gasteiger partial charge in [-0.2, -0.15) is 0 Å². The highest BCUT2D eigenvalue weighted by molar-refractivity contribution is 6.62. The first kappa shape index (κ1) is 23.4. The van der Waals surface area contributed by atoms with Gasteiger partial charge in [0.2, 0.25) is 0 Å². The second kappa shape index (κ2) is 9.24. The molecule has 2 aliphatic heterocycles. The lowest BCUT2D eigenvalue weighted by molar-refractivity contribution is -0.0680. The third kappa shape index (κ3) is 4.66. The van der Waals surface area contributed by atoms with Crippen molar-refractivity contribution in [1.82, 2.24) is 4.90 Å². The molecule has 2 aromatic rings. The van der Waals surface area contributed by atoms with Gasteiger partial charge in [-0.25, -0.2) is 4.79 Å². The Labute approximate surface area is 196 Å². The van der Waals surface area contributed by atoms with Gasteiger partial charge in [-0.3, -0.25) is 0 Å². The Morgan fingerprint density at radius 1 is 1.15 bits per heavy atom. The van der Waals surface area contributed by atoms with Crippen molar-refractivity contribution in [3.63, 3.8) is 0 Å². The van der Waals surface area contributed by atoms with Crippen LogP contribution in [0.1, 0.15) is 57.2 Å². The van der Waals surface area contributed by atoms with Gasteiger partial charge < -0.3 is 24.1 Å². The van der Waals surface area contributed by atoms with E-state index in [2.05, 4.69) is 6.58 Å². The highest BCUT2D eigenvalue weighted by Gasteiger charge is 2.44. The minimum Gasteiger partial charge on any atom is -0.534 e. The number of cyclic esters (lactones) is 1. The molecule has 0 saturated carbocycles. The largest absolute Gasteiger partial charge is 0.563 e. The van der Waals surface area contributed by atoms with E-state index in [1.165, 1.54) is 0 Å². The molecule has 0 radical (unpaired) electrons. The zero-order valence-corrected chi connectivity index (χ0v) is 19.6. The van der Waals surface area contributed by atoms with Crippen molar-refractivity contribution < 1.29 is 23.9 Å². The molecule has 1 N–H and O–H groups in total. The summed E-state index contributed by atoms with van der Waals surface area (Å²) in [5.41, 5.74) is 1.67. The number of aliphatic hydroxyl groups is 1. The van der Waals surface area contributed by atoms with Gasteiger partial charge in [0.05, 0.1) is 11.8 Å². The summed E-state index contributed by atoms with van der Waals surface area (Å²) in [5, 5.41) is 9.38. The second-order valence-corrected chi connectivity index (χ2v) is 9.34. The van der Waals surface area contributed by atoms with Crippen LogP contribution in [-0.4, -0.2) is 42.0 Å². The molecule has 33 heavy (non-hydrogen) atoms. The Morgan fingerprint density at radius 2 is 1.85 bits per heavy atom. The van der Waals surface area contributed by atoms with E-state index >= 15 is 0 Å². The Balaban J connectivity index is 1.47. The fraction of sp³-hybridized carbons (Fsp3) is 0.423. The third-order valence-corrected chi connectivity index (χ3v) is 6.79. The van der Waals surface area contributed by atoms with Gasteiger partial charge in [0.15, 0.2) is 0 Å². The number of rotatable bonds is 7. The number of hydrogen-bond acceptors (Lipinski definition) is 5. The minimum atomic E-state index is -0.701. The average Bonchev–Trinajstić information content (AvgIpc) is 3.10. The molecule has 7 heteroatoms. The highest BCUT2D eigenvalue weighted by atomic mass is 16.7. The van der Waals surface area contributed by atoms with Crippen LogP contribution in [0.2, 0.25) is 0 Å². The van der Waals surface area contributed by atoms with Gasteiger partial charge in [0.1, 0.15) is 11.2 Å². The van der Waals surface area contributed by atoms with Gasteiger partial charge in [-0.05, 0) is 50.2 Å². The third-order valence-electron chi connectivity index (χ3n) is 6.79. The van der Waals surface area contributed by atoms with Crippen molar-refractivity contribution in [2.24, 2.45) is 0 Å². The predicted molar refractivity (Wildman–Crippen MR) is 128 cm³/mol. The summed E-state index contributed by atoms with van der Waals surface area (Å²) in [5.74, 6) is 0.615. The van der Waals surface area contributed by atoms with E-state index in [-0.39, 0.29) is 18.7 Å². The Hall–Kier alpha value is -2.77. The summed E-state index contributed by atoms with van der Waals surface area (Å²) < 4.78 is 17.8. The van der Waals surface area contributed by atoms with Crippen molar-refractivity contribution in [2.75, 3.05) is 13.2 Å². The van der Waals surface area contributed by atoms with Gasteiger partial charge in [-0.15, -0.1) is 0 Å². The molecule has 174 valence electrons. The molecular weight excluding hydrogens is 417 g/mol. The van der Waals surface area contributed by atoms with Crippen LogP contribution in [0.15, 0.2) is 66.9 Å². The van der Waals surface area contributed by atoms with E-state index in [0.29, 0.717) is 31.6 Å². The van der Waals surface area contributed by atoms with Crippen LogP contribution in [0.5, 0.6) is 0 Å².